The third-order valence-electron chi connectivity index (χ3n) is 5.15. The van der Waals surface area contributed by atoms with Crippen LogP contribution in [-0.2, 0) is 23.3 Å². The summed E-state index contributed by atoms with van der Waals surface area (Å²) < 4.78 is 0. The van der Waals surface area contributed by atoms with E-state index in [4.69, 9.17) is 0 Å². The van der Waals surface area contributed by atoms with Crippen LogP contribution in [0.15, 0.2) is 36.7 Å². The van der Waals surface area contributed by atoms with E-state index < -0.39 is 0 Å². The van der Waals surface area contributed by atoms with Gasteiger partial charge in [-0.05, 0) is 18.4 Å². The Morgan fingerprint density at radius 2 is 2.04 bits per heavy atom. The molecule has 2 aliphatic rings. The molecule has 23 heavy (non-hydrogen) atoms. The minimum atomic E-state index is -0.144. The van der Waals surface area contributed by atoms with Crippen LogP contribution in [0.3, 0.4) is 0 Å². The van der Waals surface area contributed by atoms with Gasteiger partial charge in [-0.25, -0.2) is 4.98 Å². The Bertz CT molecular complexity index is 696. The molecule has 0 unspecified atom stereocenters. The molecule has 1 saturated heterocycles. The fourth-order valence-electron chi connectivity index (χ4n) is 3.87. The molecule has 5 nitrogen and oxygen atoms in total. The van der Waals surface area contributed by atoms with Gasteiger partial charge in [0, 0.05) is 38.2 Å². The standard InChI is InChI=1S/C18H22N4O/c23-16-6-8-18(17-15(7-10-21-18)19-13-20-17)9-11-22(16)12-14-4-2-1-3-5-14/h1-5,13,21H,6-12H2,(H,19,20)/t18-/m1/s1. The van der Waals surface area contributed by atoms with Gasteiger partial charge in [-0.3, -0.25) is 4.79 Å². The predicted octanol–water partition coefficient (Wildman–Crippen LogP) is 1.96. The first-order valence-electron chi connectivity index (χ1n) is 8.36. The van der Waals surface area contributed by atoms with Crippen molar-refractivity contribution < 1.29 is 4.79 Å². The zero-order chi connectivity index (χ0) is 15.7. The van der Waals surface area contributed by atoms with Crippen LogP contribution < -0.4 is 5.32 Å². The van der Waals surface area contributed by atoms with E-state index in [1.807, 2.05) is 23.1 Å². The molecule has 0 aliphatic carbocycles. The smallest absolute Gasteiger partial charge is 0.222 e. The fraction of sp³-hybridized carbons (Fsp3) is 0.444. The van der Waals surface area contributed by atoms with Crippen molar-refractivity contribution >= 4 is 5.91 Å². The van der Waals surface area contributed by atoms with Crippen molar-refractivity contribution in [2.75, 3.05) is 13.1 Å². The van der Waals surface area contributed by atoms with Crippen LogP contribution in [0.25, 0.3) is 0 Å². The lowest BCUT2D eigenvalue weighted by Gasteiger charge is -2.36. The molecule has 1 aromatic heterocycles. The Balaban J connectivity index is 1.55. The van der Waals surface area contributed by atoms with Gasteiger partial charge in [0.15, 0.2) is 0 Å². The molecule has 1 amide bonds. The van der Waals surface area contributed by atoms with Crippen molar-refractivity contribution in [3.05, 3.63) is 53.6 Å². The average molecular weight is 310 g/mol. The Morgan fingerprint density at radius 1 is 1.17 bits per heavy atom. The highest BCUT2D eigenvalue weighted by Gasteiger charge is 2.41. The molecule has 2 aliphatic heterocycles. The first-order valence-corrected chi connectivity index (χ1v) is 8.36. The van der Waals surface area contributed by atoms with Crippen LogP contribution in [0.2, 0.25) is 0 Å². The summed E-state index contributed by atoms with van der Waals surface area (Å²) in [6, 6.07) is 10.2. The molecule has 0 bridgehead atoms. The largest absolute Gasteiger partial charge is 0.348 e. The molecular weight excluding hydrogens is 288 g/mol. The minimum Gasteiger partial charge on any atom is -0.348 e. The van der Waals surface area contributed by atoms with E-state index in [1.165, 1.54) is 11.3 Å². The number of nitrogens with zero attached hydrogens (tertiary/aromatic N) is 2. The summed E-state index contributed by atoms with van der Waals surface area (Å²) in [6.45, 7) is 2.41. The SMILES string of the molecule is O=C1CC[C@]2(CCN1Cc1ccccc1)NCCc1[nH]cnc12. The number of benzene rings is 1. The van der Waals surface area contributed by atoms with Crippen LogP contribution in [-0.4, -0.2) is 33.9 Å². The zero-order valence-electron chi connectivity index (χ0n) is 13.2. The molecule has 1 fully saturated rings. The number of likely N-dealkylation sites (tertiary alicyclic amines) is 1. The van der Waals surface area contributed by atoms with E-state index in [-0.39, 0.29) is 11.4 Å². The second-order valence-electron chi connectivity index (χ2n) is 6.54. The number of imidazole rings is 1. The average Bonchev–Trinajstić information content (AvgIpc) is 3.02. The molecule has 2 N–H and O–H groups in total. The van der Waals surface area contributed by atoms with Crippen molar-refractivity contribution in [1.29, 1.82) is 0 Å². The van der Waals surface area contributed by atoms with Gasteiger partial charge in [0.1, 0.15) is 0 Å². The topological polar surface area (TPSA) is 61.0 Å². The maximum Gasteiger partial charge on any atom is 0.222 e. The van der Waals surface area contributed by atoms with E-state index >= 15 is 0 Å². The Labute approximate surface area is 136 Å². The molecule has 2 aromatic rings. The van der Waals surface area contributed by atoms with Gasteiger partial charge >= 0.3 is 0 Å². The first-order chi connectivity index (χ1) is 11.3. The monoisotopic (exact) mass is 310 g/mol. The number of carbonyl (C=O) groups is 1. The van der Waals surface area contributed by atoms with Gasteiger partial charge in [-0.1, -0.05) is 30.3 Å². The maximum absolute atomic E-state index is 12.6. The molecule has 1 atom stereocenters. The van der Waals surface area contributed by atoms with Crippen LogP contribution in [0.5, 0.6) is 0 Å². The van der Waals surface area contributed by atoms with Crippen molar-refractivity contribution in [3.8, 4) is 0 Å². The summed E-state index contributed by atoms with van der Waals surface area (Å²) in [5.74, 6) is 0.246. The predicted molar refractivity (Wildman–Crippen MR) is 87.7 cm³/mol. The highest BCUT2D eigenvalue weighted by Crippen LogP contribution is 2.36. The molecule has 0 saturated carbocycles. The zero-order valence-corrected chi connectivity index (χ0v) is 13.2. The number of aromatic nitrogens is 2. The summed E-state index contributed by atoms with van der Waals surface area (Å²) in [6.07, 6.45) is 5.09. The van der Waals surface area contributed by atoms with Crippen LogP contribution in [0.1, 0.15) is 36.2 Å². The second-order valence-corrected chi connectivity index (χ2v) is 6.54. The lowest BCUT2D eigenvalue weighted by atomic mass is 9.83. The van der Waals surface area contributed by atoms with E-state index in [2.05, 4.69) is 27.4 Å². The van der Waals surface area contributed by atoms with Gasteiger partial charge in [0.25, 0.3) is 0 Å². The van der Waals surface area contributed by atoms with Crippen molar-refractivity contribution in [1.82, 2.24) is 20.2 Å². The van der Waals surface area contributed by atoms with Gasteiger partial charge in [0.2, 0.25) is 5.91 Å². The molecule has 3 heterocycles. The van der Waals surface area contributed by atoms with Gasteiger partial charge in [-0.15, -0.1) is 0 Å². The number of aromatic amines is 1. The molecule has 5 heteroatoms. The summed E-state index contributed by atoms with van der Waals surface area (Å²) in [4.78, 5) is 22.4. The van der Waals surface area contributed by atoms with E-state index in [9.17, 15) is 4.79 Å². The Hall–Kier alpha value is -2.14. The van der Waals surface area contributed by atoms with Crippen molar-refractivity contribution in [2.24, 2.45) is 0 Å². The lowest BCUT2D eigenvalue weighted by Crippen LogP contribution is -2.48. The number of hydrogen-bond donors (Lipinski definition) is 2. The number of amides is 1. The summed E-state index contributed by atoms with van der Waals surface area (Å²) in [5, 5.41) is 3.66. The summed E-state index contributed by atoms with van der Waals surface area (Å²) >= 11 is 0. The third-order valence-corrected chi connectivity index (χ3v) is 5.15. The summed E-state index contributed by atoms with van der Waals surface area (Å²) in [5.41, 5.74) is 3.40. The lowest BCUT2D eigenvalue weighted by molar-refractivity contribution is -0.131. The molecular formula is C18H22N4O. The van der Waals surface area contributed by atoms with E-state index in [0.29, 0.717) is 13.0 Å². The number of fused-ring (bicyclic) bond motifs is 2. The van der Waals surface area contributed by atoms with Crippen LogP contribution in [0, 0.1) is 0 Å². The number of rotatable bonds is 2. The molecule has 4 rings (SSSR count). The van der Waals surface area contributed by atoms with E-state index in [0.717, 1.165) is 38.0 Å². The normalized spacial score (nSPS) is 24.5. The van der Waals surface area contributed by atoms with Gasteiger partial charge in [-0.2, -0.15) is 0 Å². The van der Waals surface area contributed by atoms with E-state index in [1.54, 1.807) is 6.33 Å². The number of nitrogens with one attached hydrogen (secondary N) is 2. The summed E-state index contributed by atoms with van der Waals surface area (Å²) in [7, 11) is 0. The van der Waals surface area contributed by atoms with Gasteiger partial charge in [0.05, 0.1) is 17.6 Å². The van der Waals surface area contributed by atoms with Crippen molar-refractivity contribution in [3.63, 3.8) is 0 Å². The first kappa shape index (κ1) is 14.5. The number of hydrogen-bond acceptors (Lipinski definition) is 3. The highest BCUT2D eigenvalue weighted by atomic mass is 16.2. The second kappa shape index (κ2) is 5.81. The number of H-pyrrole nitrogens is 1. The fourth-order valence-corrected chi connectivity index (χ4v) is 3.87. The van der Waals surface area contributed by atoms with Gasteiger partial charge < -0.3 is 15.2 Å². The highest BCUT2D eigenvalue weighted by molar-refractivity contribution is 5.76. The molecule has 1 spiro atoms. The van der Waals surface area contributed by atoms with Crippen LogP contribution >= 0.6 is 0 Å². The molecule has 0 radical (unpaired) electrons. The Morgan fingerprint density at radius 3 is 2.91 bits per heavy atom. The molecule has 1 aromatic carbocycles. The quantitative estimate of drug-likeness (QED) is 0.891. The minimum absolute atomic E-state index is 0.144. The Kier molecular flexibility index (Phi) is 3.65. The number of carbonyl (C=O) groups excluding carboxylic acids is 1. The third kappa shape index (κ3) is 2.65. The maximum atomic E-state index is 12.6. The van der Waals surface area contributed by atoms with Crippen LogP contribution in [0.4, 0.5) is 0 Å². The van der Waals surface area contributed by atoms with Crippen molar-refractivity contribution in [2.45, 2.75) is 37.8 Å². The molecule has 120 valence electrons.